The van der Waals surface area contributed by atoms with E-state index in [-0.39, 0.29) is 6.04 Å². The molecule has 108 valence electrons. The molecule has 0 unspecified atom stereocenters. The molecule has 3 rings (SSSR count). The molecular weight excluding hydrogens is 258 g/mol. The molecule has 1 aliphatic rings. The molecule has 1 N–H and O–H groups in total. The number of benzene rings is 2. The van der Waals surface area contributed by atoms with Crippen LogP contribution in [0.2, 0.25) is 0 Å². The van der Waals surface area contributed by atoms with Gasteiger partial charge in [0, 0.05) is 5.71 Å². The second kappa shape index (κ2) is 6.13. The number of nitrogens with zero attached hydrogens (tertiary/aromatic N) is 1. The Hall–Kier alpha value is -2.09. The molecule has 2 aromatic carbocycles. The molecule has 2 heteroatoms. The van der Waals surface area contributed by atoms with Gasteiger partial charge in [0.2, 0.25) is 0 Å². The van der Waals surface area contributed by atoms with Gasteiger partial charge in [0.25, 0.3) is 0 Å². The zero-order valence-electron chi connectivity index (χ0n) is 12.4. The number of aromatic hydroxyl groups is 1. The summed E-state index contributed by atoms with van der Waals surface area (Å²) in [7, 11) is 0. The van der Waals surface area contributed by atoms with Crippen LogP contribution in [0.1, 0.15) is 48.9 Å². The third-order valence-corrected chi connectivity index (χ3v) is 4.14. The van der Waals surface area contributed by atoms with Crippen molar-refractivity contribution < 1.29 is 5.11 Å². The highest BCUT2D eigenvalue weighted by molar-refractivity contribution is 6.02. The average molecular weight is 279 g/mol. The number of aliphatic imine (C=N–C) groups is 1. The van der Waals surface area contributed by atoms with E-state index in [4.69, 9.17) is 4.99 Å². The van der Waals surface area contributed by atoms with E-state index in [0.29, 0.717) is 5.75 Å². The van der Waals surface area contributed by atoms with E-state index >= 15 is 0 Å². The zero-order chi connectivity index (χ0) is 14.7. The molecular formula is C19H21NO. The largest absolute Gasteiger partial charge is 0.508 e. The van der Waals surface area contributed by atoms with E-state index in [9.17, 15) is 5.11 Å². The van der Waals surface area contributed by atoms with E-state index in [2.05, 4.69) is 31.2 Å². The molecule has 0 aliphatic heterocycles. The van der Waals surface area contributed by atoms with Gasteiger partial charge < -0.3 is 5.11 Å². The lowest BCUT2D eigenvalue weighted by Gasteiger charge is -2.13. The second-order valence-electron chi connectivity index (χ2n) is 5.71. The summed E-state index contributed by atoms with van der Waals surface area (Å²) in [5.41, 5.74) is 4.87. The van der Waals surface area contributed by atoms with Crippen molar-refractivity contribution in [3.05, 3.63) is 65.2 Å². The van der Waals surface area contributed by atoms with Gasteiger partial charge in [-0.25, -0.2) is 0 Å². The Morgan fingerprint density at radius 3 is 2.57 bits per heavy atom. The number of aryl methyl sites for hydroxylation is 1. The Balaban J connectivity index is 1.96. The third kappa shape index (κ3) is 3.15. The maximum Gasteiger partial charge on any atom is 0.115 e. The fraction of sp³-hybridized carbons (Fsp3) is 0.316. The van der Waals surface area contributed by atoms with Crippen LogP contribution in [-0.2, 0) is 6.42 Å². The van der Waals surface area contributed by atoms with Gasteiger partial charge >= 0.3 is 0 Å². The lowest BCUT2D eigenvalue weighted by molar-refractivity contribution is 0.474. The van der Waals surface area contributed by atoms with Crippen molar-refractivity contribution in [1.82, 2.24) is 0 Å². The lowest BCUT2D eigenvalue weighted by Crippen LogP contribution is -2.04. The summed E-state index contributed by atoms with van der Waals surface area (Å²) in [5.74, 6) is 0.353. The van der Waals surface area contributed by atoms with Crippen molar-refractivity contribution in [3.63, 3.8) is 0 Å². The van der Waals surface area contributed by atoms with Crippen LogP contribution in [0, 0.1) is 0 Å². The average Bonchev–Trinajstić information content (AvgIpc) is 2.70. The van der Waals surface area contributed by atoms with Crippen LogP contribution in [0.3, 0.4) is 0 Å². The molecule has 0 heterocycles. The van der Waals surface area contributed by atoms with E-state index in [0.717, 1.165) is 25.7 Å². The van der Waals surface area contributed by atoms with Crippen molar-refractivity contribution in [1.29, 1.82) is 0 Å². The number of hydrogen-bond donors (Lipinski definition) is 1. The fourth-order valence-corrected chi connectivity index (χ4v) is 2.98. The van der Waals surface area contributed by atoms with Crippen LogP contribution in [0.5, 0.6) is 5.75 Å². The maximum atomic E-state index is 9.69. The first-order valence-corrected chi connectivity index (χ1v) is 7.68. The monoisotopic (exact) mass is 279 g/mol. The summed E-state index contributed by atoms with van der Waals surface area (Å²) in [6.45, 7) is 2.15. The van der Waals surface area contributed by atoms with E-state index in [1.54, 1.807) is 6.07 Å². The second-order valence-corrected chi connectivity index (χ2v) is 5.71. The summed E-state index contributed by atoms with van der Waals surface area (Å²) >= 11 is 0. The standard InChI is InChI=1S/C19H21NO/c1-14(15-7-3-2-4-8-15)20-19-10-6-5-9-16-13-17(21)11-12-18(16)19/h2-4,7-8,11-14,21H,5-6,9-10H2,1H3/b20-19-/t14-/m1/s1. The molecule has 0 fully saturated rings. The first-order valence-electron chi connectivity index (χ1n) is 7.68. The molecule has 0 aromatic heterocycles. The summed E-state index contributed by atoms with van der Waals surface area (Å²) < 4.78 is 0. The van der Waals surface area contributed by atoms with Crippen molar-refractivity contribution in [2.75, 3.05) is 0 Å². The lowest BCUT2D eigenvalue weighted by atomic mass is 10.0. The molecule has 0 amide bonds. The van der Waals surface area contributed by atoms with E-state index in [1.807, 2.05) is 18.2 Å². The minimum absolute atomic E-state index is 0.168. The van der Waals surface area contributed by atoms with E-state index in [1.165, 1.54) is 22.4 Å². The quantitative estimate of drug-likeness (QED) is 0.796. The Morgan fingerprint density at radius 2 is 1.76 bits per heavy atom. The first kappa shape index (κ1) is 13.9. The number of phenolic OH excluding ortho intramolecular Hbond substituents is 1. The van der Waals surface area contributed by atoms with Gasteiger partial charge in [-0.05, 0) is 67.5 Å². The van der Waals surface area contributed by atoms with Crippen molar-refractivity contribution in [2.45, 2.75) is 38.6 Å². The summed E-state index contributed by atoms with van der Waals surface area (Å²) in [4.78, 5) is 4.97. The highest BCUT2D eigenvalue weighted by Crippen LogP contribution is 2.27. The van der Waals surface area contributed by atoms with Gasteiger partial charge in [-0.15, -0.1) is 0 Å². The molecule has 2 aromatic rings. The molecule has 2 nitrogen and oxygen atoms in total. The van der Waals surface area contributed by atoms with Gasteiger partial charge in [0.05, 0.1) is 6.04 Å². The Kier molecular flexibility index (Phi) is 4.05. The molecule has 1 atom stereocenters. The molecule has 0 radical (unpaired) electrons. The van der Waals surface area contributed by atoms with Gasteiger partial charge in [-0.1, -0.05) is 30.3 Å². The summed E-state index contributed by atoms with van der Waals surface area (Å²) in [6.07, 6.45) is 4.38. The normalized spacial score (nSPS) is 18.0. The summed E-state index contributed by atoms with van der Waals surface area (Å²) in [6, 6.07) is 16.3. The highest BCUT2D eigenvalue weighted by Gasteiger charge is 2.15. The van der Waals surface area contributed by atoms with Crippen LogP contribution in [0.15, 0.2) is 53.5 Å². The number of phenols is 1. The molecule has 0 saturated carbocycles. The van der Waals surface area contributed by atoms with Crippen LogP contribution >= 0.6 is 0 Å². The smallest absolute Gasteiger partial charge is 0.115 e. The Bertz CT molecular complexity index is 646. The van der Waals surface area contributed by atoms with Crippen LogP contribution in [0.4, 0.5) is 0 Å². The molecule has 0 spiro atoms. The van der Waals surface area contributed by atoms with Gasteiger partial charge in [0.1, 0.15) is 5.75 Å². The minimum Gasteiger partial charge on any atom is -0.508 e. The van der Waals surface area contributed by atoms with E-state index < -0.39 is 0 Å². The van der Waals surface area contributed by atoms with Gasteiger partial charge in [-0.3, -0.25) is 4.99 Å². The first-order chi connectivity index (χ1) is 10.2. The third-order valence-electron chi connectivity index (χ3n) is 4.14. The minimum atomic E-state index is 0.168. The maximum absolute atomic E-state index is 9.69. The van der Waals surface area contributed by atoms with Crippen molar-refractivity contribution >= 4 is 5.71 Å². The zero-order valence-corrected chi connectivity index (χ0v) is 12.4. The predicted molar refractivity (Wildman–Crippen MR) is 87.1 cm³/mol. The number of hydrogen-bond acceptors (Lipinski definition) is 2. The Morgan fingerprint density at radius 1 is 1.00 bits per heavy atom. The topological polar surface area (TPSA) is 32.6 Å². The van der Waals surface area contributed by atoms with Gasteiger partial charge in [0.15, 0.2) is 0 Å². The van der Waals surface area contributed by atoms with Gasteiger partial charge in [-0.2, -0.15) is 0 Å². The molecule has 1 aliphatic carbocycles. The van der Waals surface area contributed by atoms with Crippen LogP contribution in [0.25, 0.3) is 0 Å². The van der Waals surface area contributed by atoms with Crippen molar-refractivity contribution in [2.24, 2.45) is 4.99 Å². The molecule has 0 bridgehead atoms. The number of fused-ring (bicyclic) bond motifs is 1. The Labute approximate surface area is 126 Å². The summed E-state index contributed by atoms with van der Waals surface area (Å²) in [5, 5.41) is 9.69. The number of rotatable bonds is 2. The highest BCUT2D eigenvalue weighted by atomic mass is 16.3. The molecule has 0 saturated heterocycles. The van der Waals surface area contributed by atoms with Crippen LogP contribution in [-0.4, -0.2) is 10.8 Å². The SMILES string of the molecule is C[C@@H](/N=C1/CCCCc2cc(O)ccc21)c1ccccc1. The molecule has 21 heavy (non-hydrogen) atoms. The van der Waals surface area contributed by atoms with Crippen molar-refractivity contribution in [3.8, 4) is 5.75 Å². The fourth-order valence-electron chi connectivity index (χ4n) is 2.98. The predicted octanol–water partition coefficient (Wildman–Crippen LogP) is 4.67. The van der Waals surface area contributed by atoms with Crippen LogP contribution < -0.4 is 0 Å².